The third kappa shape index (κ3) is 2.38. The molecule has 0 amide bonds. The van der Waals surface area contributed by atoms with Crippen LogP contribution in [0.4, 0.5) is 0 Å². The molecule has 98 valence electrons. The number of sulfone groups is 1. The zero-order valence-electron chi connectivity index (χ0n) is 10.2. The van der Waals surface area contributed by atoms with Crippen molar-refractivity contribution in [3.8, 4) is 0 Å². The van der Waals surface area contributed by atoms with Gasteiger partial charge in [0.25, 0.3) is 0 Å². The summed E-state index contributed by atoms with van der Waals surface area (Å²) in [6.07, 6.45) is 2.14. The van der Waals surface area contributed by atoms with E-state index in [1.165, 1.54) is 0 Å². The molecule has 5 heteroatoms. The Bertz CT molecular complexity index is 752. The van der Waals surface area contributed by atoms with Crippen LogP contribution in [0.2, 0.25) is 0 Å². The van der Waals surface area contributed by atoms with E-state index in [1.807, 2.05) is 12.1 Å². The Balaban J connectivity index is 1.94. The zero-order valence-corrected chi connectivity index (χ0v) is 11.1. The van der Waals surface area contributed by atoms with Gasteiger partial charge in [-0.1, -0.05) is 6.07 Å². The van der Waals surface area contributed by atoms with E-state index in [0.29, 0.717) is 12.0 Å². The largest absolute Gasteiger partial charge is 0.294 e. The van der Waals surface area contributed by atoms with Gasteiger partial charge >= 0.3 is 0 Å². The van der Waals surface area contributed by atoms with Crippen molar-refractivity contribution < 1.29 is 13.2 Å². The lowest BCUT2D eigenvalue weighted by atomic mass is 9.96. The Hall–Kier alpha value is -1.75. The van der Waals surface area contributed by atoms with Crippen LogP contribution in [0.25, 0.3) is 10.9 Å². The number of ketones is 1. The number of carbonyl (C=O) groups is 1. The molecular formula is C14H13NO3S. The van der Waals surface area contributed by atoms with E-state index in [4.69, 9.17) is 0 Å². The van der Waals surface area contributed by atoms with Crippen molar-refractivity contribution in [3.05, 3.63) is 42.1 Å². The van der Waals surface area contributed by atoms with Gasteiger partial charge in [-0.3, -0.25) is 9.78 Å². The van der Waals surface area contributed by atoms with E-state index in [-0.39, 0.29) is 23.2 Å². The lowest BCUT2D eigenvalue weighted by Crippen LogP contribution is -2.16. The summed E-state index contributed by atoms with van der Waals surface area (Å²) >= 11 is 0. The fourth-order valence-electron chi connectivity index (χ4n) is 2.47. The van der Waals surface area contributed by atoms with Crippen LogP contribution in [0.15, 0.2) is 36.5 Å². The van der Waals surface area contributed by atoms with Gasteiger partial charge in [0, 0.05) is 23.1 Å². The molecule has 1 aromatic carbocycles. The van der Waals surface area contributed by atoms with E-state index in [9.17, 15) is 13.2 Å². The van der Waals surface area contributed by atoms with E-state index >= 15 is 0 Å². The summed E-state index contributed by atoms with van der Waals surface area (Å²) in [5.41, 5.74) is 1.40. The van der Waals surface area contributed by atoms with Crippen molar-refractivity contribution >= 4 is 26.5 Å². The fraction of sp³-hybridized carbons (Fsp3) is 0.286. The van der Waals surface area contributed by atoms with Crippen LogP contribution in [0, 0.1) is 5.92 Å². The molecule has 1 atom stereocenters. The fourth-order valence-corrected chi connectivity index (χ4v) is 4.21. The molecule has 0 N–H and O–H groups in total. The lowest BCUT2D eigenvalue weighted by molar-refractivity contribution is 0.0933. The summed E-state index contributed by atoms with van der Waals surface area (Å²) in [6.45, 7) is 0. The van der Waals surface area contributed by atoms with E-state index in [1.54, 1.807) is 24.4 Å². The second-order valence-electron chi connectivity index (χ2n) is 4.88. The predicted molar refractivity (Wildman–Crippen MR) is 72.8 cm³/mol. The number of hydrogen-bond donors (Lipinski definition) is 0. The first-order chi connectivity index (χ1) is 9.05. The molecule has 0 radical (unpaired) electrons. The van der Waals surface area contributed by atoms with E-state index in [0.717, 1.165) is 10.9 Å². The van der Waals surface area contributed by atoms with Gasteiger partial charge in [-0.2, -0.15) is 0 Å². The maximum atomic E-state index is 12.3. The molecule has 1 aliphatic heterocycles. The highest BCUT2D eigenvalue weighted by atomic mass is 32.2. The summed E-state index contributed by atoms with van der Waals surface area (Å²) in [5, 5.41) is 0.897. The van der Waals surface area contributed by atoms with Crippen LogP contribution in [0.3, 0.4) is 0 Å². The standard InChI is InChI=1S/C14H13NO3S/c16-14(12-5-7-19(17,18)9-12)11-3-4-13-10(8-11)2-1-6-15-13/h1-4,6,8,12H,5,7,9H2. The van der Waals surface area contributed by atoms with Crippen LogP contribution in [0.5, 0.6) is 0 Å². The second-order valence-corrected chi connectivity index (χ2v) is 7.10. The molecule has 1 aromatic heterocycles. The Morgan fingerprint density at radius 3 is 2.84 bits per heavy atom. The molecule has 1 saturated heterocycles. The lowest BCUT2D eigenvalue weighted by Gasteiger charge is -2.07. The van der Waals surface area contributed by atoms with E-state index < -0.39 is 9.84 Å². The molecule has 2 heterocycles. The van der Waals surface area contributed by atoms with Crippen LogP contribution in [-0.2, 0) is 9.84 Å². The SMILES string of the molecule is O=C(c1ccc2ncccc2c1)C1CCS(=O)(=O)C1. The summed E-state index contributed by atoms with van der Waals surface area (Å²) in [4.78, 5) is 16.5. The predicted octanol–water partition coefficient (Wildman–Crippen LogP) is 1.85. The van der Waals surface area contributed by atoms with Crippen molar-refractivity contribution in [2.24, 2.45) is 5.92 Å². The van der Waals surface area contributed by atoms with Crippen molar-refractivity contribution in [2.75, 3.05) is 11.5 Å². The Morgan fingerprint density at radius 1 is 1.26 bits per heavy atom. The normalized spacial score (nSPS) is 21.6. The Labute approximate surface area is 111 Å². The average molecular weight is 275 g/mol. The summed E-state index contributed by atoms with van der Waals surface area (Å²) in [6, 6.07) is 9.02. The molecule has 0 spiro atoms. The number of fused-ring (bicyclic) bond motifs is 1. The number of pyridine rings is 1. The monoisotopic (exact) mass is 275 g/mol. The van der Waals surface area contributed by atoms with Crippen LogP contribution < -0.4 is 0 Å². The molecule has 0 saturated carbocycles. The molecule has 0 bridgehead atoms. The first-order valence-electron chi connectivity index (χ1n) is 6.15. The summed E-state index contributed by atoms with van der Waals surface area (Å²) in [5.74, 6) is -0.360. The zero-order chi connectivity index (χ0) is 13.5. The molecule has 0 aliphatic carbocycles. The highest BCUT2D eigenvalue weighted by molar-refractivity contribution is 7.91. The van der Waals surface area contributed by atoms with Crippen molar-refractivity contribution in [1.82, 2.24) is 4.98 Å². The minimum absolute atomic E-state index is 0.0170. The first-order valence-corrected chi connectivity index (χ1v) is 7.97. The topological polar surface area (TPSA) is 64.1 Å². The third-order valence-corrected chi connectivity index (χ3v) is 5.26. The van der Waals surface area contributed by atoms with Crippen molar-refractivity contribution in [2.45, 2.75) is 6.42 Å². The van der Waals surface area contributed by atoms with Gasteiger partial charge in [0.05, 0.1) is 17.0 Å². The molecule has 1 aliphatic rings. The molecule has 4 nitrogen and oxygen atoms in total. The smallest absolute Gasteiger partial charge is 0.167 e. The van der Waals surface area contributed by atoms with Gasteiger partial charge in [0.2, 0.25) is 0 Å². The number of carbonyl (C=O) groups excluding carboxylic acids is 1. The van der Waals surface area contributed by atoms with Gasteiger partial charge in [0.1, 0.15) is 0 Å². The van der Waals surface area contributed by atoms with Gasteiger partial charge in [-0.05, 0) is 30.7 Å². The van der Waals surface area contributed by atoms with E-state index in [2.05, 4.69) is 4.98 Å². The number of aromatic nitrogens is 1. The van der Waals surface area contributed by atoms with Crippen LogP contribution in [-0.4, -0.2) is 30.7 Å². The molecule has 2 aromatic rings. The minimum atomic E-state index is -3.02. The van der Waals surface area contributed by atoms with Crippen LogP contribution in [0.1, 0.15) is 16.8 Å². The van der Waals surface area contributed by atoms with Crippen molar-refractivity contribution in [1.29, 1.82) is 0 Å². The number of nitrogens with zero attached hydrogens (tertiary/aromatic N) is 1. The quantitative estimate of drug-likeness (QED) is 0.785. The summed E-state index contributed by atoms with van der Waals surface area (Å²) < 4.78 is 22.9. The minimum Gasteiger partial charge on any atom is -0.294 e. The number of rotatable bonds is 2. The average Bonchev–Trinajstić information content (AvgIpc) is 2.78. The Morgan fingerprint density at radius 2 is 2.11 bits per heavy atom. The number of benzene rings is 1. The molecular weight excluding hydrogens is 262 g/mol. The van der Waals surface area contributed by atoms with Gasteiger partial charge in [-0.25, -0.2) is 8.42 Å². The number of hydrogen-bond acceptors (Lipinski definition) is 4. The Kier molecular flexibility index (Phi) is 2.86. The van der Waals surface area contributed by atoms with Crippen molar-refractivity contribution in [3.63, 3.8) is 0 Å². The van der Waals surface area contributed by atoms with Gasteiger partial charge < -0.3 is 0 Å². The second kappa shape index (κ2) is 4.42. The maximum Gasteiger partial charge on any atom is 0.167 e. The summed E-state index contributed by atoms with van der Waals surface area (Å²) in [7, 11) is -3.02. The first kappa shape index (κ1) is 12.3. The molecule has 19 heavy (non-hydrogen) atoms. The number of Topliss-reactive ketones (excluding diaryl/α,β-unsaturated/α-hetero) is 1. The van der Waals surface area contributed by atoms with Crippen LogP contribution >= 0.6 is 0 Å². The highest BCUT2D eigenvalue weighted by Crippen LogP contribution is 2.24. The van der Waals surface area contributed by atoms with Gasteiger partial charge in [0.15, 0.2) is 15.6 Å². The highest BCUT2D eigenvalue weighted by Gasteiger charge is 2.33. The maximum absolute atomic E-state index is 12.3. The molecule has 3 rings (SSSR count). The third-order valence-electron chi connectivity index (χ3n) is 3.49. The van der Waals surface area contributed by atoms with Gasteiger partial charge in [-0.15, -0.1) is 0 Å². The molecule has 1 fully saturated rings. The molecule has 1 unspecified atom stereocenters.